The van der Waals surface area contributed by atoms with Crippen LogP contribution in [0.2, 0.25) is 0 Å². The molecule has 0 saturated heterocycles. The van der Waals surface area contributed by atoms with Crippen LogP contribution in [0, 0.1) is 12.7 Å². The molecule has 3 heterocycles. The molecule has 1 unspecified atom stereocenters. The Kier molecular flexibility index (Phi) is 6.66. The van der Waals surface area contributed by atoms with E-state index in [-0.39, 0.29) is 11.3 Å². The quantitative estimate of drug-likeness (QED) is 0.182. The Bertz CT molecular complexity index is 1510. The van der Waals surface area contributed by atoms with E-state index in [0.717, 1.165) is 23.3 Å². The SMILES string of the molecule is CCC1(C(=O)OOc2ccc(F)c(C=O)c2)CCCn2c(-c3ccc(-c4cnc(C)o4)c(OC)c3)nnc21. The highest BCUT2D eigenvalue weighted by Crippen LogP contribution is 2.40. The monoisotopic (exact) mass is 520 g/mol. The van der Waals surface area contributed by atoms with Gasteiger partial charge in [-0.25, -0.2) is 19.1 Å². The number of aldehydes is 1. The van der Waals surface area contributed by atoms with E-state index in [2.05, 4.69) is 15.2 Å². The van der Waals surface area contributed by atoms with Crippen molar-refractivity contribution in [1.29, 1.82) is 0 Å². The zero-order chi connectivity index (χ0) is 26.9. The highest BCUT2D eigenvalue weighted by Gasteiger charge is 2.48. The first-order valence-corrected chi connectivity index (χ1v) is 12.1. The second-order valence-electron chi connectivity index (χ2n) is 8.95. The van der Waals surface area contributed by atoms with Gasteiger partial charge in [0.15, 0.2) is 35.3 Å². The Balaban J connectivity index is 1.44. The number of hydrogen-bond acceptors (Lipinski definition) is 9. The van der Waals surface area contributed by atoms with Gasteiger partial charge >= 0.3 is 5.97 Å². The Morgan fingerprint density at radius 2 is 2.08 bits per heavy atom. The van der Waals surface area contributed by atoms with Gasteiger partial charge in [0.25, 0.3) is 0 Å². The molecule has 1 aliphatic heterocycles. The fourth-order valence-corrected chi connectivity index (χ4v) is 4.76. The van der Waals surface area contributed by atoms with Crippen molar-refractivity contribution in [1.82, 2.24) is 19.7 Å². The van der Waals surface area contributed by atoms with E-state index in [1.807, 2.05) is 29.7 Å². The molecule has 10 nitrogen and oxygen atoms in total. The first-order valence-electron chi connectivity index (χ1n) is 12.1. The maximum atomic E-state index is 13.6. The van der Waals surface area contributed by atoms with Crippen LogP contribution in [0.1, 0.15) is 48.3 Å². The van der Waals surface area contributed by atoms with Gasteiger partial charge in [-0.2, -0.15) is 0 Å². The van der Waals surface area contributed by atoms with E-state index in [4.69, 9.17) is 18.9 Å². The number of hydrogen-bond donors (Lipinski definition) is 0. The van der Waals surface area contributed by atoms with Gasteiger partial charge in [0.05, 0.1) is 24.4 Å². The van der Waals surface area contributed by atoms with Crippen molar-refractivity contribution in [3.05, 3.63) is 65.7 Å². The van der Waals surface area contributed by atoms with Crippen molar-refractivity contribution in [2.24, 2.45) is 0 Å². The zero-order valence-electron chi connectivity index (χ0n) is 21.1. The van der Waals surface area contributed by atoms with Gasteiger partial charge < -0.3 is 13.7 Å². The van der Waals surface area contributed by atoms with Crippen molar-refractivity contribution in [3.63, 3.8) is 0 Å². The zero-order valence-corrected chi connectivity index (χ0v) is 21.1. The first-order chi connectivity index (χ1) is 18.4. The lowest BCUT2D eigenvalue weighted by atomic mass is 9.77. The van der Waals surface area contributed by atoms with Gasteiger partial charge in [-0.3, -0.25) is 9.68 Å². The van der Waals surface area contributed by atoms with Crippen molar-refractivity contribution >= 4 is 12.3 Å². The van der Waals surface area contributed by atoms with Crippen LogP contribution in [-0.2, 0) is 21.6 Å². The first kappa shape index (κ1) is 25.1. The van der Waals surface area contributed by atoms with Crippen LogP contribution >= 0.6 is 0 Å². The lowest BCUT2D eigenvalue weighted by Crippen LogP contribution is -2.43. The lowest BCUT2D eigenvalue weighted by molar-refractivity contribution is -0.222. The number of methoxy groups -OCH3 is 1. The fourth-order valence-electron chi connectivity index (χ4n) is 4.76. The molecular formula is C27H25FN4O6. The number of aryl methyl sites for hydroxylation is 1. The van der Waals surface area contributed by atoms with Crippen molar-refractivity contribution in [2.45, 2.75) is 45.1 Å². The second-order valence-corrected chi connectivity index (χ2v) is 8.95. The maximum absolute atomic E-state index is 13.6. The van der Waals surface area contributed by atoms with E-state index in [0.29, 0.717) is 61.1 Å². The van der Waals surface area contributed by atoms with Crippen LogP contribution in [0.3, 0.4) is 0 Å². The molecule has 0 radical (unpaired) electrons. The predicted molar refractivity (Wildman–Crippen MR) is 132 cm³/mol. The third kappa shape index (κ3) is 4.29. The average Bonchev–Trinajstić information content (AvgIpc) is 3.58. The van der Waals surface area contributed by atoms with E-state index in [9.17, 15) is 14.0 Å². The molecule has 0 saturated carbocycles. The molecule has 0 aliphatic carbocycles. The largest absolute Gasteiger partial charge is 0.496 e. The summed E-state index contributed by atoms with van der Waals surface area (Å²) in [6, 6.07) is 9.09. The van der Waals surface area contributed by atoms with Gasteiger partial charge in [-0.05, 0) is 49.6 Å². The summed E-state index contributed by atoms with van der Waals surface area (Å²) >= 11 is 0. The number of rotatable bonds is 8. The van der Waals surface area contributed by atoms with Crippen LogP contribution in [0.15, 0.2) is 47.0 Å². The second kappa shape index (κ2) is 10.1. The molecule has 11 heteroatoms. The van der Waals surface area contributed by atoms with Crippen LogP contribution in [0.25, 0.3) is 22.7 Å². The summed E-state index contributed by atoms with van der Waals surface area (Å²) in [6.07, 6.45) is 3.56. The van der Waals surface area contributed by atoms with E-state index < -0.39 is 17.2 Å². The summed E-state index contributed by atoms with van der Waals surface area (Å²) in [4.78, 5) is 38.9. The molecule has 4 aromatic rings. The summed E-state index contributed by atoms with van der Waals surface area (Å²) in [7, 11) is 1.57. The van der Waals surface area contributed by atoms with Crippen LogP contribution < -0.4 is 9.62 Å². The molecular weight excluding hydrogens is 495 g/mol. The Morgan fingerprint density at radius 1 is 1.24 bits per heavy atom. The van der Waals surface area contributed by atoms with Gasteiger partial charge in [0.1, 0.15) is 17.0 Å². The van der Waals surface area contributed by atoms with E-state index in [1.165, 1.54) is 6.07 Å². The van der Waals surface area contributed by atoms with Crippen LogP contribution in [0.4, 0.5) is 4.39 Å². The van der Waals surface area contributed by atoms with Gasteiger partial charge in [0.2, 0.25) is 0 Å². The molecule has 5 rings (SSSR count). The molecule has 2 aromatic carbocycles. The molecule has 38 heavy (non-hydrogen) atoms. The van der Waals surface area contributed by atoms with Crippen molar-refractivity contribution in [3.8, 4) is 34.2 Å². The van der Waals surface area contributed by atoms with Gasteiger partial charge in [-0.15, -0.1) is 10.2 Å². The van der Waals surface area contributed by atoms with E-state index in [1.54, 1.807) is 20.2 Å². The number of ether oxygens (including phenoxy) is 1. The number of carbonyl (C=O) groups excluding carboxylic acids is 2. The minimum absolute atomic E-state index is 0.0280. The Labute approximate surface area is 217 Å². The number of oxazole rings is 1. The highest BCUT2D eigenvalue weighted by atomic mass is 19.1. The molecule has 0 spiro atoms. The standard InChI is InChI=1S/C27H25FN4O6/c1-4-27(26(34)38-37-19-7-9-21(28)18(12-19)15-33)10-5-11-32-24(30-31-25(27)32)17-6-8-20(22(13-17)35-3)23-14-29-16(2)36-23/h6-9,12-15H,4-5,10-11H2,1-3H3. The number of carbonyl (C=O) groups is 2. The summed E-state index contributed by atoms with van der Waals surface area (Å²) in [5.41, 5.74) is 0.200. The van der Waals surface area contributed by atoms with Crippen molar-refractivity contribution < 1.29 is 32.9 Å². The smallest absolute Gasteiger partial charge is 0.369 e. The summed E-state index contributed by atoms with van der Waals surface area (Å²) in [6.45, 7) is 4.25. The molecule has 0 bridgehead atoms. The van der Waals surface area contributed by atoms with E-state index >= 15 is 0 Å². The third-order valence-electron chi connectivity index (χ3n) is 6.81. The fraction of sp³-hybridized carbons (Fsp3) is 0.296. The Hall–Kier alpha value is -4.54. The van der Waals surface area contributed by atoms with Crippen LogP contribution in [-0.4, -0.2) is 39.1 Å². The molecule has 0 fully saturated rings. The van der Waals surface area contributed by atoms with Gasteiger partial charge in [0, 0.05) is 19.0 Å². The van der Waals surface area contributed by atoms with Gasteiger partial charge in [-0.1, -0.05) is 13.0 Å². The molecule has 1 atom stereocenters. The van der Waals surface area contributed by atoms with Crippen LogP contribution in [0.5, 0.6) is 11.5 Å². The molecule has 1 aliphatic rings. The number of benzene rings is 2. The summed E-state index contributed by atoms with van der Waals surface area (Å²) < 4.78 is 26.8. The minimum atomic E-state index is -1.10. The topological polar surface area (TPSA) is 119 Å². The number of aromatic nitrogens is 4. The normalized spacial score (nSPS) is 16.5. The van der Waals surface area contributed by atoms with Crippen molar-refractivity contribution in [2.75, 3.05) is 7.11 Å². The Morgan fingerprint density at radius 3 is 2.79 bits per heavy atom. The summed E-state index contributed by atoms with van der Waals surface area (Å²) in [5.74, 6) is 1.45. The number of nitrogens with zero attached hydrogens (tertiary/aromatic N) is 4. The molecule has 0 amide bonds. The molecule has 196 valence electrons. The highest BCUT2D eigenvalue weighted by molar-refractivity contribution is 5.82. The third-order valence-corrected chi connectivity index (χ3v) is 6.81. The maximum Gasteiger partial charge on any atom is 0.369 e. The molecule has 2 aromatic heterocycles. The lowest BCUT2D eigenvalue weighted by Gasteiger charge is -2.33. The minimum Gasteiger partial charge on any atom is -0.496 e. The number of fused-ring (bicyclic) bond motifs is 1. The molecule has 0 N–H and O–H groups in total. The summed E-state index contributed by atoms with van der Waals surface area (Å²) in [5, 5.41) is 8.82. The number of halogens is 1. The average molecular weight is 521 g/mol. The predicted octanol–water partition coefficient (Wildman–Crippen LogP) is 4.85.